The average Bonchev–Trinajstić information content (AvgIpc) is 2.66. The van der Waals surface area contributed by atoms with Gasteiger partial charge < -0.3 is 54.9 Å². The molecule has 7 N–H and O–H groups in total. The molecule has 0 radical (unpaired) electrons. The lowest BCUT2D eigenvalue weighted by atomic mass is 9.95. The van der Waals surface area contributed by atoms with Gasteiger partial charge in [-0.3, -0.25) is 0 Å². The molecule has 10 atom stereocenters. The molecule has 2 aliphatic rings. The molecular formula is C15H27NO10S. The third-order valence-corrected chi connectivity index (χ3v) is 4.96. The van der Waals surface area contributed by atoms with Gasteiger partial charge in [0.15, 0.2) is 12.4 Å². The number of rotatable bonds is 5. The molecule has 12 heteroatoms. The van der Waals surface area contributed by atoms with Crippen LogP contribution in [0.2, 0.25) is 0 Å². The molecule has 158 valence electrons. The number of nitrogens with one attached hydrogen (secondary N) is 1. The first-order valence-electron chi connectivity index (χ1n) is 8.53. The Morgan fingerprint density at radius 1 is 0.926 bits per heavy atom. The predicted molar refractivity (Wildman–Crippen MR) is 92.6 cm³/mol. The van der Waals surface area contributed by atoms with Crippen LogP contribution in [-0.2, 0) is 18.9 Å². The highest BCUT2D eigenvalue weighted by molar-refractivity contribution is 7.80. The van der Waals surface area contributed by atoms with Crippen molar-refractivity contribution in [3.8, 4) is 0 Å². The lowest BCUT2D eigenvalue weighted by molar-refractivity contribution is -0.338. The van der Waals surface area contributed by atoms with Crippen molar-refractivity contribution in [3.05, 3.63) is 0 Å². The van der Waals surface area contributed by atoms with Crippen molar-refractivity contribution < 1.29 is 49.6 Å². The first-order valence-corrected chi connectivity index (χ1v) is 8.94. The summed E-state index contributed by atoms with van der Waals surface area (Å²) in [7, 11) is 1.49. The van der Waals surface area contributed by atoms with E-state index >= 15 is 0 Å². The number of aliphatic hydroxyl groups excluding tert-OH is 6. The minimum atomic E-state index is -1.53. The second-order valence-electron chi connectivity index (χ2n) is 6.47. The Hall–Kier alpha value is -0.670. The summed E-state index contributed by atoms with van der Waals surface area (Å²) in [6.07, 6.45) is -12.5. The molecule has 0 amide bonds. The van der Waals surface area contributed by atoms with Crippen molar-refractivity contribution in [2.45, 2.75) is 68.1 Å². The van der Waals surface area contributed by atoms with Gasteiger partial charge in [-0.1, -0.05) is 0 Å². The predicted octanol–water partition coefficient (Wildman–Crippen LogP) is -3.80. The van der Waals surface area contributed by atoms with Gasteiger partial charge in [0.2, 0.25) is 0 Å². The van der Waals surface area contributed by atoms with Crippen molar-refractivity contribution >= 4 is 17.4 Å². The van der Waals surface area contributed by atoms with E-state index in [4.69, 9.17) is 31.2 Å². The van der Waals surface area contributed by atoms with E-state index < -0.39 is 74.4 Å². The van der Waals surface area contributed by atoms with Gasteiger partial charge in [-0.2, -0.15) is 0 Å². The van der Waals surface area contributed by atoms with Gasteiger partial charge in [-0.05, 0) is 19.1 Å². The SMILES string of the molecule is CNC(=S)O[C@@H]1[C@H](O)[C@@H](O[C@@H]2C(C)O[C@@H](CO)[C@@H](O)[C@@H]2O)O[C@H](CO)[C@H]1O. The molecule has 27 heavy (non-hydrogen) atoms. The Kier molecular flexibility index (Phi) is 8.12. The molecule has 2 rings (SSSR count). The number of thiocarbonyl (C=S) groups is 1. The van der Waals surface area contributed by atoms with Crippen LogP contribution < -0.4 is 5.32 Å². The van der Waals surface area contributed by atoms with Crippen LogP contribution in [0.1, 0.15) is 6.92 Å². The van der Waals surface area contributed by atoms with Crippen LogP contribution in [0.4, 0.5) is 0 Å². The number of ether oxygens (including phenoxy) is 4. The van der Waals surface area contributed by atoms with E-state index in [0.717, 1.165) is 0 Å². The van der Waals surface area contributed by atoms with Crippen molar-refractivity contribution in [3.63, 3.8) is 0 Å². The van der Waals surface area contributed by atoms with E-state index in [2.05, 4.69) is 5.32 Å². The Balaban J connectivity index is 2.14. The summed E-state index contributed by atoms with van der Waals surface area (Å²) in [6.45, 7) is 0.475. The minimum absolute atomic E-state index is 0.0916. The number of hydrogen-bond acceptors (Lipinski definition) is 11. The smallest absolute Gasteiger partial charge is 0.256 e. The van der Waals surface area contributed by atoms with Crippen LogP contribution in [0.3, 0.4) is 0 Å². The Bertz CT molecular complexity index is 499. The van der Waals surface area contributed by atoms with E-state index in [0.29, 0.717) is 0 Å². The van der Waals surface area contributed by atoms with Gasteiger partial charge in [0.05, 0.1) is 19.3 Å². The maximum Gasteiger partial charge on any atom is 0.256 e. The molecular weight excluding hydrogens is 386 g/mol. The fourth-order valence-corrected chi connectivity index (χ4v) is 3.22. The Labute approximate surface area is 161 Å². The molecule has 2 heterocycles. The quantitative estimate of drug-likeness (QED) is 0.220. The highest BCUT2D eigenvalue weighted by Gasteiger charge is 2.50. The third-order valence-electron chi connectivity index (χ3n) is 4.66. The van der Waals surface area contributed by atoms with E-state index in [1.807, 2.05) is 0 Å². The molecule has 2 fully saturated rings. The monoisotopic (exact) mass is 413 g/mol. The van der Waals surface area contributed by atoms with E-state index in [1.165, 1.54) is 7.05 Å². The first-order chi connectivity index (χ1) is 12.7. The molecule has 0 aromatic heterocycles. The molecule has 1 unspecified atom stereocenters. The fraction of sp³-hybridized carbons (Fsp3) is 0.933. The van der Waals surface area contributed by atoms with E-state index in [9.17, 15) is 30.6 Å². The summed E-state index contributed by atoms with van der Waals surface area (Å²) < 4.78 is 21.7. The van der Waals surface area contributed by atoms with Gasteiger partial charge in [0.1, 0.15) is 42.7 Å². The third kappa shape index (κ3) is 4.85. The van der Waals surface area contributed by atoms with Crippen LogP contribution in [0.15, 0.2) is 0 Å². The molecule has 0 aliphatic carbocycles. The molecule has 11 nitrogen and oxygen atoms in total. The molecule has 2 saturated heterocycles. The van der Waals surface area contributed by atoms with Crippen LogP contribution in [0, 0.1) is 0 Å². The van der Waals surface area contributed by atoms with Crippen molar-refractivity contribution in [2.24, 2.45) is 0 Å². The van der Waals surface area contributed by atoms with Crippen LogP contribution in [-0.4, -0.2) is 117 Å². The molecule has 0 aromatic rings. The maximum atomic E-state index is 10.5. The van der Waals surface area contributed by atoms with Crippen LogP contribution in [0.25, 0.3) is 0 Å². The van der Waals surface area contributed by atoms with E-state index in [1.54, 1.807) is 6.92 Å². The molecule has 0 saturated carbocycles. The van der Waals surface area contributed by atoms with Crippen molar-refractivity contribution in [1.82, 2.24) is 5.32 Å². The van der Waals surface area contributed by atoms with Gasteiger partial charge in [0.25, 0.3) is 5.17 Å². The minimum Gasteiger partial charge on any atom is -0.462 e. The molecule has 2 aliphatic heterocycles. The highest BCUT2D eigenvalue weighted by Crippen LogP contribution is 2.30. The van der Waals surface area contributed by atoms with Gasteiger partial charge in [-0.15, -0.1) is 0 Å². The Morgan fingerprint density at radius 3 is 2.07 bits per heavy atom. The Morgan fingerprint density at radius 2 is 1.52 bits per heavy atom. The average molecular weight is 413 g/mol. The highest BCUT2D eigenvalue weighted by atomic mass is 32.1. The van der Waals surface area contributed by atoms with Gasteiger partial charge in [-0.25, -0.2) is 0 Å². The zero-order valence-electron chi connectivity index (χ0n) is 14.9. The zero-order chi connectivity index (χ0) is 20.3. The normalized spacial score (nSPS) is 45.3. The first kappa shape index (κ1) is 22.6. The van der Waals surface area contributed by atoms with Crippen LogP contribution >= 0.6 is 12.2 Å². The largest absolute Gasteiger partial charge is 0.462 e. The van der Waals surface area contributed by atoms with Gasteiger partial charge >= 0.3 is 0 Å². The lowest BCUT2D eigenvalue weighted by Gasteiger charge is -2.46. The lowest BCUT2D eigenvalue weighted by Crippen LogP contribution is -2.64. The second-order valence-corrected chi connectivity index (χ2v) is 6.84. The topological polar surface area (TPSA) is 170 Å². The maximum absolute atomic E-state index is 10.5. The van der Waals surface area contributed by atoms with E-state index in [-0.39, 0.29) is 5.17 Å². The van der Waals surface area contributed by atoms with Gasteiger partial charge in [0, 0.05) is 7.05 Å². The van der Waals surface area contributed by atoms with Crippen molar-refractivity contribution in [2.75, 3.05) is 20.3 Å². The molecule has 0 bridgehead atoms. The zero-order valence-corrected chi connectivity index (χ0v) is 15.7. The second kappa shape index (κ2) is 9.69. The summed E-state index contributed by atoms with van der Waals surface area (Å²) in [5.41, 5.74) is 0. The van der Waals surface area contributed by atoms with Crippen molar-refractivity contribution in [1.29, 1.82) is 0 Å². The standard InChI is InChI=1S/C15H27NO10S/c1-5-12(10(21)8(19)6(3-17)23-5)25-14-11(22)13(26-15(27)16-2)9(20)7(4-18)24-14/h5-14,17-22H,3-4H2,1-2H3,(H,16,27)/t5?,6-,7+,8+,9+,10-,11-,12+,13-,14+/m0/s1. The summed E-state index contributed by atoms with van der Waals surface area (Å²) in [6, 6.07) is 0. The molecule has 0 aromatic carbocycles. The summed E-state index contributed by atoms with van der Waals surface area (Å²) in [4.78, 5) is 0. The molecule has 0 spiro atoms. The number of aliphatic hydroxyl groups is 6. The van der Waals surface area contributed by atoms with Crippen LogP contribution in [0.5, 0.6) is 0 Å². The number of hydrogen-bond donors (Lipinski definition) is 7. The summed E-state index contributed by atoms with van der Waals surface area (Å²) in [5.74, 6) is 0. The summed E-state index contributed by atoms with van der Waals surface area (Å²) >= 11 is 4.88. The summed E-state index contributed by atoms with van der Waals surface area (Å²) in [5, 5.41) is 62.1. The fourth-order valence-electron chi connectivity index (χ4n) is 3.11.